The van der Waals surface area contributed by atoms with Crippen LogP contribution >= 0.6 is 0 Å². The van der Waals surface area contributed by atoms with Crippen LogP contribution in [-0.4, -0.2) is 45.8 Å². The summed E-state index contributed by atoms with van der Waals surface area (Å²) in [6.07, 6.45) is 7.59. The molecule has 1 aliphatic heterocycles. The number of hydrogen-bond acceptors (Lipinski definition) is 5. The smallest absolute Gasteiger partial charge is 0.222 e. The van der Waals surface area contributed by atoms with Gasteiger partial charge in [0.1, 0.15) is 5.75 Å². The van der Waals surface area contributed by atoms with E-state index in [-0.39, 0.29) is 23.7 Å². The second-order valence-corrected chi connectivity index (χ2v) is 7.43. The molecule has 6 nitrogen and oxygen atoms in total. The van der Waals surface area contributed by atoms with Crippen LogP contribution < -0.4 is 4.74 Å². The van der Waals surface area contributed by atoms with E-state index in [1.165, 1.54) is 0 Å². The number of aromatic nitrogens is 2. The molecule has 28 heavy (non-hydrogen) atoms. The lowest BCUT2D eigenvalue weighted by Crippen LogP contribution is -2.42. The molecule has 0 unspecified atom stereocenters. The Morgan fingerprint density at radius 3 is 2.89 bits per heavy atom. The molecular weight excluding hydrogens is 354 g/mol. The molecule has 1 amide bonds. The van der Waals surface area contributed by atoms with Gasteiger partial charge in [0, 0.05) is 49.6 Å². The average molecular weight is 381 g/mol. The van der Waals surface area contributed by atoms with E-state index < -0.39 is 0 Å². The Bertz CT molecular complexity index is 808. The number of nitrogens with zero attached hydrogens (tertiary/aromatic N) is 3. The van der Waals surface area contributed by atoms with Crippen molar-refractivity contribution >= 4 is 11.7 Å². The van der Waals surface area contributed by atoms with E-state index in [2.05, 4.69) is 9.97 Å². The third-order valence-corrected chi connectivity index (χ3v) is 4.85. The zero-order valence-corrected chi connectivity index (χ0v) is 16.5. The molecule has 1 aromatic carbocycles. The van der Waals surface area contributed by atoms with E-state index >= 15 is 0 Å². The summed E-state index contributed by atoms with van der Waals surface area (Å²) in [4.78, 5) is 35.6. The lowest BCUT2D eigenvalue weighted by atomic mass is 9.89. The molecule has 1 fully saturated rings. The van der Waals surface area contributed by atoms with Crippen molar-refractivity contribution in [2.24, 2.45) is 5.92 Å². The van der Waals surface area contributed by atoms with Crippen molar-refractivity contribution < 1.29 is 14.3 Å². The maximum Gasteiger partial charge on any atom is 0.222 e. The Morgan fingerprint density at radius 2 is 2.14 bits per heavy atom. The molecule has 3 rings (SSSR count). The highest BCUT2D eigenvalue weighted by molar-refractivity contribution is 5.98. The van der Waals surface area contributed by atoms with Crippen LogP contribution in [0.3, 0.4) is 0 Å². The van der Waals surface area contributed by atoms with Crippen molar-refractivity contribution in [1.29, 1.82) is 0 Å². The number of likely N-dealkylation sites (tertiary alicyclic amines) is 1. The molecule has 1 aliphatic rings. The summed E-state index contributed by atoms with van der Waals surface area (Å²) in [6, 6.07) is 7.33. The first-order chi connectivity index (χ1) is 13.5. The number of carbonyl (C=O) groups excluding carboxylic acids is 2. The molecule has 0 spiro atoms. The fourth-order valence-corrected chi connectivity index (χ4v) is 3.50. The molecule has 1 aromatic heterocycles. The van der Waals surface area contributed by atoms with E-state index in [0.29, 0.717) is 37.2 Å². The zero-order chi connectivity index (χ0) is 19.9. The molecule has 6 heteroatoms. The minimum atomic E-state index is -0.163. The second-order valence-electron chi connectivity index (χ2n) is 7.43. The van der Waals surface area contributed by atoms with Gasteiger partial charge in [-0.05, 0) is 45.2 Å². The minimum Gasteiger partial charge on any atom is -0.491 e. The third-order valence-electron chi connectivity index (χ3n) is 4.85. The Kier molecular flexibility index (Phi) is 6.74. The molecule has 2 aromatic rings. The number of amides is 1. The Labute approximate surface area is 165 Å². The zero-order valence-electron chi connectivity index (χ0n) is 16.5. The Morgan fingerprint density at radius 1 is 1.29 bits per heavy atom. The summed E-state index contributed by atoms with van der Waals surface area (Å²) in [6.45, 7) is 5.10. The van der Waals surface area contributed by atoms with Gasteiger partial charge in [-0.1, -0.05) is 12.1 Å². The number of Topliss-reactive ketones (excluding diaryl/α,β-unsaturated/α-hetero) is 1. The van der Waals surface area contributed by atoms with E-state index in [1.54, 1.807) is 24.7 Å². The number of aryl methyl sites for hydroxylation is 1. The van der Waals surface area contributed by atoms with Gasteiger partial charge in [0.25, 0.3) is 0 Å². The highest BCUT2D eigenvalue weighted by Crippen LogP contribution is 2.24. The van der Waals surface area contributed by atoms with E-state index in [9.17, 15) is 9.59 Å². The highest BCUT2D eigenvalue weighted by Gasteiger charge is 2.29. The van der Waals surface area contributed by atoms with Gasteiger partial charge < -0.3 is 9.64 Å². The summed E-state index contributed by atoms with van der Waals surface area (Å²) in [5.74, 6) is 0.692. The summed E-state index contributed by atoms with van der Waals surface area (Å²) < 4.78 is 5.70. The van der Waals surface area contributed by atoms with Crippen molar-refractivity contribution in [2.75, 3.05) is 13.1 Å². The number of hydrogen-bond donors (Lipinski definition) is 0. The summed E-state index contributed by atoms with van der Waals surface area (Å²) in [7, 11) is 0. The molecule has 0 saturated carbocycles. The van der Waals surface area contributed by atoms with Crippen molar-refractivity contribution in [3.63, 3.8) is 0 Å². The predicted octanol–water partition coefficient (Wildman–Crippen LogP) is 3.32. The predicted molar refractivity (Wildman–Crippen MR) is 106 cm³/mol. The van der Waals surface area contributed by atoms with Gasteiger partial charge in [0.15, 0.2) is 5.78 Å². The molecule has 0 aliphatic carbocycles. The van der Waals surface area contributed by atoms with Gasteiger partial charge in [0.05, 0.1) is 11.8 Å². The van der Waals surface area contributed by atoms with Crippen LogP contribution in [0.5, 0.6) is 5.75 Å². The molecule has 0 bridgehead atoms. The summed E-state index contributed by atoms with van der Waals surface area (Å²) in [5, 5.41) is 0. The lowest BCUT2D eigenvalue weighted by Gasteiger charge is -2.32. The van der Waals surface area contributed by atoms with Crippen LogP contribution in [0.4, 0.5) is 0 Å². The van der Waals surface area contributed by atoms with Crippen LogP contribution in [0.2, 0.25) is 0 Å². The van der Waals surface area contributed by atoms with E-state index in [1.807, 2.05) is 36.9 Å². The van der Waals surface area contributed by atoms with E-state index in [4.69, 9.17) is 4.74 Å². The van der Waals surface area contributed by atoms with Crippen LogP contribution in [0.25, 0.3) is 0 Å². The average Bonchev–Trinajstić information content (AvgIpc) is 2.72. The quantitative estimate of drug-likeness (QED) is 0.688. The molecule has 0 N–H and O–H groups in total. The maximum absolute atomic E-state index is 13.0. The number of benzene rings is 1. The molecule has 1 saturated heterocycles. The Balaban J connectivity index is 1.59. The van der Waals surface area contributed by atoms with Crippen LogP contribution in [0.1, 0.15) is 49.2 Å². The molecular formula is C22H27N3O3. The Hall–Kier alpha value is -2.76. The number of ether oxygens (including phenoxy) is 1. The third kappa shape index (κ3) is 5.38. The summed E-state index contributed by atoms with van der Waals surface area (Å²) >= 11 is 0. The normalized spacial score (nSPS) is 16.8. The fourth-order valence-electron chi connectivity index (χ4n) is 3.50. The van der Waals surface area contributed by atoms with Crippen molar-refractivity contribution in [2.45, 2.75) is 45.6 Å². The SMILES string of the molecule is CC(C)Oc1cccc(C(=O)[C@@H]2CCCN(C(=O)CCc3cnccn3)C2)c1. The van der Waals surface area contributed by atoms with Gasteiger partial charge in [-0.2, -0.15) is 0 Å². The van der Waals surface area contributed by atoms with Crippen LogP contribution in [0, 0.1) is 5.92 Å². The van der Waals surface area contributed by atoms with Gasteiger partial charge in [-0.15, -0.1) is 0 Å². The molecule has 148 valence electrons. The number of carbonyl (C=O) groups is 2. The number of rotatable bonds is 7. The lowest BCUT2D eigenvalue weighted by molar-refractivity contribution is -0.132. The first-order valence-electron chi connectivity index (χ1n) is 9.86. The maximum atomic E-state index is 13.0. The number of ketones is 1. The second kappa shape index (κ2) is 9.44. The van der Waals surface area contributed by atoms with Gasteiger partial charge >= 0.3 is 0 Å². The standard InChI is InChI=1S/C22H27N3O3/c1-16(2)28-20-7-3-5-17(13-20)22(27)18-6-4-12-25(15-18)21(26)9-8-19-14-23-10-11-24-19/h3,5,7,10-11,13-14,16,18H,4,6,8-9,12,15H2,1-2H3/t18-/m1/s1. The van der Waals surface area contributed by atoms with Crippen LogP contribution in [0.15, 0.2) is 42.9 Å². The van der Waals surface area contributed by atoms with Crippen molar-refractivity contribution in [3.05, 3.63) is 54.1 Å². The highest BCUT2D eigenvalue weighted by atomic mass is 16.5. The van der Waals surface area contributed by atoms with Crippen LogP contribution in [-0.2, 0) is 11.2 Å². The fraction of sp³-hybridized carbons (Fsp3) is 0.455. The summed E-state index contributed by atoms with van der Waals surface area (Å²) in [5.41, 5.74) is 1.46. The van der Waals surface area contributed by atoms with Gasteiger partial charge in [0.2, 0.25) is 5.91 Å². The first kappa shape index (κ1) is 20.0. The molecule has 2 heterocycles. The van der Waals surface area contributed by atoms with Crippen molar-refractivity contribution in [1.82, 2.24) is 14.9 Å². The largest absolute Gasteiger partial charge is 0.491 e. The monoisotopic (exact) mass is 381 g/mol. The topological polar surface area (TPSA) is 72.4 Å². The molecule has 1 atom stereocenters. The van der Waals surface area contributed by atoms with E-state index in [0.717, 1.165) is 18.5 Å². The van der Waals surface area contributed by atoms with Gasteiger partial charge in [-0.25, -0.2) is 0 Å². The van der Waals surface area contributed by atoms with Crippen molar-refractivity contribution in [3.8, 4) is 5.75 Å². The molecule has 0 radical (unpaired) electrons. The first-order valence-corrected chi connectivity index (χ1v) is 9.86. The number of piperidine rings is 1. The van der Waals surface area contributed by atoms with Gasteiger partial charge in [-0.3, -0.25) is 19.6 Å². The minimum absolute atomic E-state index is 0.0578.